The molecule has 0 radical (unpaired) electrons. The van der Waals surface area contributed by atoms with Gasteiger partial charge < -0.3 is 11.1 Å². The third-order valence-electron chi connectivity index (χ3n) is 4.02. The van der Waals surface area contributed by atoms with Crippen LogP contribution in [-0.2, 0) is 4.79 Å². The Balaban J connectivity index is 2.46. The zero-order chi connectivity index (χ0) is 15.9. The predicted octanol–water partition coefficient (Wildman–Crippen LogP) is 3.05. The van der Waals surface area contributed by atoms with Crippen molar-refractivity contribution in [3.05, 3.63) is 30.1 Å². The summed E-state index contributed by atoms with van der Waals surface area (Å²) in [6.07, 6.45) is 5.92. The van der Waals surface area contributed by atoms with Crippen molar-refractivity contribution in [3.63, 3.8) is 0 Å². The van der Waals surface area contributed by atoms with Gasteiger partial charge in [-0.05, 0) is 49.3 Å². The minimum Gasteiger partial charge on any atom is -0.350 e. The van der Waals surface area contributed by atoms with Crippen molar-refractivity contribution in [2.75, 3.05) is 6.54 Å². The van der Waals surface area contributed by atoms with E-state index in [9.17, 15) is 4.79 Å². The summed E-state index contributed by atoms with van der Waals surface area (Å²) in [4.78, 5) is 16.2. The van der Waals surface area contributed by atoms with Crippen LogP contribution in [0, 0.1) is 11.3 Å². The normalized spacial score (nSPS) is 14.5. The topological polar surface area (TPSA) is 68.0 Å². The van der Waals surface area contributed by atoms with Crippen LogP contribution in [0.4, 0.5) is 0 Å². The maximum atomic E-state index is 12.1. The summed E-state index contributed by atoms with van der Waals surface area (Å²) in [6.45, 7) is 9.29. The summed E-state index contributed by atoms with van der Waals surface area (Å²) in [5, 5.41) is 3.03. The molecule has 0 fully saturated rings. The highest BCUT2D eigenvalue weighted by atomic mass is 16.1. The third-order valence-corrected chi connectivity index (χ3v) is 4.02. The van der Waals surface area contributed by atoms with Crippen LogP contribution in [0.1, 0.15) is 58.6 Å². The van der Waals surface area contributed by atoms with Crippen LogP contribution < -0.4 is 11.1 Å². The number of nitrogens with zero attached hydrogens (tertiary/aromatic N) is 1. The van der Waals surface area contributed by atoms with E-state index in [1.165, 1.54) is 0 Å². The Morgan fingerprint density at radius 3 is 2.62 bits per heavy atom. The van der Waals surface area contributed by atoms with Gasteiger partial charge in [0.25, 0.3) is 0 Å². The van der Waals surface area contributed by atoms with Gasteiger partial charge in [-0.1, -0.05) is 26.8 Å². The van der Waals surface area contributed by atoms with Gasteiger partial charge in [0, 0.05) is 18.8 Å². The van der Waals surface area contributed by atoms with E-state index in [1.807, 2.05) is 19.1 Å². The van der Waals surface area contributed by atoms with Gasteiger partial charge >= 0.3 is 0 Å². The van der Waals surface area contributed by atoms with Gasteiger partial charge in [0.15, 0.2) is 0 Å². The first-order valence-corrected chi connectivity index (χ1v) is 7.74. The van der Waals surface area contributed by atoms with E-state index in [0.29, 0.717) is 18.9 Å². The van der Waals surface area contributed by atoms with Gasteiger partial charge in [-0.3, -0.25) is 9.78 Å². The standard InChI is InChI=1S/C17H29N3O/c1-13(14-6-5-11-19-12-14)20-16(21)8-7-15(9-10-18)17(2,3)4/h5-6,11-13,15H,7-10,18H2,1-4H3,(H,20,21). The van der Waals surface area contributed by atoms with E-state index in [4.69, 9.17) is 5.73 Å². The average molecular weight is 291 g/mol. The Morgan fingerprint density at radius 1 is 1.38 bits per heavy atom. The predicted molar refractivity (Wildman–Crippen MR) is 86.6 cm³/mol. The van der Waals surface area contributed by atoms with Gasteiger partial charge in [-0.2, -0.15) is 0 Å². The van der Waals surface area contributed by atoms with Crippen molar-refractivity contribution in [1.29, 1.82) is 0 Å². The van der Waals surface area contributed by atoms with Gasteiger partial charge in [0.05, 0.1) is 6.04 Å². The number of nitrogens with two attached hydrogens (primary N) is 1. The molecule has 0 aliphatic carbocycles. The first-order valence-electron chi connectivity index (χ1n) is 7.74. The molecule has 2 atom stereocenters. The summed E-state index contributed by atoms with van der Waals surface area (Å²) >= 11 is 0. The molecule has 4 heteroatoms. The first kappa shape index (κ1) is 17.6. The number of nitrogens with one attached hydrogen (secondary N) is 1. The summed E-state index contributed by atoms with van der Waals surface area (Å²) in [5.74, 6) is 0.569. The highest BCUT2D eigenvalue weighted by Gasteiger charge is 2.24. The fourth-order valence-corrected chi connectivity index (χ4v) is 2.55. The fraction of sp³-hybridized carbons (Fsp3) is 0.647. The molecule has 1 aromatic heterocycles. The van der Waals surface area contributed by atoms with Gasteiger partial charge in [-0.15, -0.1) is 0 Å². The highest BCUT2D eigenvalue weighted by molar-refractivity contribution is 5.76. The SMILES string of the molecule is CC(NC(=O)CCC(CCN)C(C)(C)C)c1cccnc1. The van der Waals surface area contributed by atoms with E-state index < -0.39 is 0 Å². The van der Waals surface area contributed by atoms with Crippen LogP contribution in [0.15, 0.2) is 24.5 Å². The minimum absolute atomic E-state index is 0.00575. The van der Waals surface area contributed by atoms with Crippen molar-refractivity contribution >= 4 is 5.91 Å². The number of carbonyl (C=O) groups is 1. The maximum absolute atomic E-state index is 12.1. The fourth-order valence-electron chi connectivity index (χ4n) is 2.55. The Morgan fingerprint density at radius 2 is 2.10 bits per heavy atom. The van der Waals surface area contributed by atoms with Gasteiger partial charge in [0.1, 0.15) is 0 Å². The molecular weight excluding hydrogens is 262 g/mol. The van der Waals surface area contributed by atoms with Crippen LogP contribution in [0.5, 0.6) is 0 Å². The number of amides is 1. The molecule has 1 heterocycles. The monoisotopic (exact) mass is 291 g/mol. The molecule has 0 saturated heterocycles. The van der Waals surface area contributed by atoms with Crippen LogP contribution in [0.2, 0.25) is 0 Å². The molecule has 0 bridgehead atoms. The van der Waals surface area contributed by atoms with E-state index >= 15 is 0 Å². The zero-order valence-electron chi connectivity index (χ0n) is 13.7. The highest BCUT2D eigenvalue weighted by Crippen LogP contribution is 2.32. The lowest BCUT2D eigenvalue weighted by Gasteiger charge is -2.30. The quantitative estimate of drug-likeness (QED) is 0.811. The van der Waals surface area contributed by atoms with Crippen LogP contribution in [0.3, 0.4) is 0 Å². The molecule has 0 aliphatic rings. The molecular formula is C17H29N3O. The van der Waals surface area contributed by atoms with E-state index in [0.717, 1.165) is 18.4 Å². The molecule has 0 aromatic carbocycles. The third kappa shape index (κ3) is 6.25. The summed E-state index contributed by atoms with van der Waals surface area (Å²) < 4.78 is 0. The molecule has 4 nitrogen and oxygen atoms in total. The number of carbonyl (C=O) groups excluding carboxylic acids is 1. The second-order valence-electron chi connectivity index (χ2n) is 6.75. The summed E-state index contributed by atoms with van der Waals surface area (Å²) in [5.41, 5.74) is 6.90. The summed E-state index contributed by atoms with van der Waals surface area (Å²) in [7, 11) is 0. The maximum Gasteiger partial charge on any atom is 0.220 e. The largest absolute Gasteiger partial charge is 0.350 e. The van der Waals surface area contributed by atoms with Crippen molar-refractivity contribution in [1.82, 2.24) is 10.3 Å². The van der Waals surface area contributed by atoms with Gasteiger partial charge in [0.2, 0.25) is 5.91 Å². The van der Waals surface area contributed by atoms with Crippen LogP contribution in [-0.4, -0.2) is 17.4 Å². The lowest BCUT2D eigenvalue weighted by atomic mass is 9.76. The Bertz CT molecular complexity index is 425. The minimum atomic E-state index is -0.00575. The number of hydrogen-bond acceptors (Lipinski definition) is 3. The Kier molecular flexibility index (Phi) is 6.82. The second kappa shape index (κ2) is 8.13. The zero-order valence-corrected chi connectivity index (χ0v) is 13.7. The molecule has 1 rings (SSSR count). The number of pyridine rings is 1. The molecule has 0 spiro atoms. The van der Waals surface area contributed by atoms with E-state index in [2.05, 4.69) is 31.1 Å². The molecule has 1 amide bonds. The molecule has 118 valence electrons. The lowest BCUT2D eigenvalue weighted by molar-refractivity contribution is -0.122. The molecule has 1 aromatic rings. The van der Waals surface area contributed by atoms with Crippen molar-refractivity contribution in [2.24, 2.45) is 17.1 Å². The second-order valence-corrected chi connectivity index (χ2v) is 6.75. The molecule has 2 unspecified atom stereocenters. The Labute approximate surface area is 128 Å². The van der Waals surface area contributed by atoms with Gasteiger partial charge in [-0.25, -0.2) is 0 Å². The molecule has 3 N–H and O–H groups in total. The average Bonchev–Trinajstić information content (AvgIpc) is 2.43. The first-order chi connectivity index (χ1) is 9.84. The van der Waals surface area contributed by atoms with Crippen LogP contribution >= 0.6 is 0 Å². The Hall–Kier alpha value is -1.42. The van der Waals surface area contributed by atoms with Crippen molar-refractivity contribution in [2.45, 2.75) is 53.0 Å². The smallest absolute Gasteiger partial charge is 0.220 e. The van der Waals surface area contributed by atoms with Crippen molar-refractivity contribution < 1.29 is 4.79 Å². The number of hydrogen-bond donors (Lipinski definition) is 2. The van der Waals surface area contributed by atoms with E-state index in [1.54, 1.807) is 12.4 Å². The number of aromatic nitrogens is 1. The summed E-state index contributed by atoms with van der Waals surface area (Å²) in [6, 6.07) is 3.85. The lowest BCUT2D eigenvalue weighted by Crippen LogP contribution is -2.29. The molecule has 0 saturated carbocycles. The molecule has 21 heavy (non-hydrogen) atoms. The van der Waals surface area contributed by atoms with E-state index in [-0.39, 0.29) is 17.4 Å². The van der Waals surface area contributed by atoms with Crippen LogP contribution in [0.25, 0.3) is 0 Å². The van der Waals surface area contributed by atoms with Crippen molar-refractivity contribution in [3.8, 4) is 0 Å². The number of rotatable bonds is 7. The molecule has 0 aliphatic heterocycles.